The Morgan fingerprint density at radius 2 is 2.34 bits per heavy atom. The van der Waals surface area contributed by atoms with Gasteiger partial charge in [-0.1, -0.05) is 0 Å². The molecule has 1 atom stereocenters. The maximum Gasteiger partial charge on any atom is 0.267 e. The number of hydrogen-bond donors (Lipinski definition) is 4. The molecule has 12 nitrogen and oxygen atoms in total. The fraction of sp³-hybridized carbons (Fsp3) is 0.353. The molecule has 0 amide bonds. The first kappa shape index (κ1) is 20.1. The van der Waals surface area contributed by atoms with Gasteiger partial charge in [-0.05, 0) is 0 Å². The Morgan fingerprint density at radius 1 is 1.48 bits per heavy atom. The average molecular weight is 396 g/mol. The lowest BCUT2D eigenvalue weighted by Crippen LogP contribution is -2.44. The van der Waals surface area contributed by atoms with Crippen molar-refractivity contribution in [1.29, 1.82) is 10.7 Å². The molecule has 12 heteroatoms. The van der Waals surface area contributed by atoms with Gasteiger partial charge in [0.2, 0.25) is 5.89 Å². The second-order valence-corrected chi connectivity index (χ2v) is 6.05. The molecule has 2 aromatic rings. The molecule has 150 valence electrons. The van der Waals surface area contributed by atoms with Crippen molar-refractivity contribution >= 4 is 17.4 Å². The second kappa shape index (κ2) is 9.49. The molecule has 3 heterocycles. The Kier molecular flexibility index (Phi) is 6.56. The minimum absolute atomic E-state index is 0.0292. The smallest absolute Gasteiger partial charge is 0.267 e. The van der Waals surface area contributed by atoms with E-state index in [1.165, 1.54) is 18.5 Å². The summed E-state index contributed by atoms with van der Waals surface area (Å²) in [7, 11) is 0. The molecule has 0 spiro atoms. The van der Waals surface area contributed by atoms with Crippen LogP contribution in [-0.4, -0.2) is 64.1 Å². The number of aromatic nitrogens is 4. The van der Waals surface area contributed by atoms with Crippen molar-refractivity contribution in [1.82, 2.24) is 30.8 Å². The van der Waals surface area contributed by atoms with Gasteiger partial charge in [0.25, 0.3) is 5.89 Å². The van der Waals surface area contributed by atoms with Crippen LogP contribution in [0.2, 0.25) is 0 Å². The highest BCUT2D eigenvalue weighted by Gasteiger charge is 2.18. The number of nitrogens with two attached hydrogens (primary N) is 1. The van der Waals surface area contributed by atoms with Crippen LogP contribution in [0.25, 0.3) is 0 Å². The van der Waals surface area contributed by atoms with E-state index >= 15 is 0 Å². The first-order chi connectivity index (χ1) is 14.0. The lowest BCUT2D eigenvalue weighted by molar-refractivity contribution is 0.0309. The van der Waals surface area contributed by atoms with Gasteiger partial charge in [-0.15, -0.1) is 10.2 Å². The van der Waals surface area contributed by atoms with Gasteiger partial charge in [-0.25, -0.2) is 15.0 Å². The van der Waals surface area contributed by atoms with Crippen molar-refractivity contribution in [2.75, 3.05) is 26.2 Å². The molecule has 0 bridgehead atoms. The average Bonchev–Trinajstić information content (AvgIpc) is 3.18. The highest BCUT2D eigenvalue weighted by molar-refractivity contribution is 6.11. The van der Waals surface area contributed by atoms with E-state index in [2.05, 4.69) is 35.8 Å². The topological polar surface area (TPSA) is 184 Å². The maximum atomic E-state index is 8.78. The Hall–Kier alpha value is -3.69. The summed E-state index contributed by atoms with van der Waals surface area (Å²) in [5.41, 5.74) is 6.49. The predicted molar refractivity (Wildman–Crippen MR) is 103 cm³/mol. The third kappa shape index (κ3) is 5.64. The summed E-state index contributed by atoms with van der Waals surface area (Å²) in [4.78, 5) is 12.0. The molecule has 1 saturated heterocycles. The van der Waals surface area contributed by atoms with Gasteiger partial charge >= 0.3 is 0 Å². The van der Waals surface area contributed by atoms with Crippen molar-refractivity contribution < 1.29 is 9.15 Å². The van der Waals surface area contributed by atoms with Gasteiger partial charge < -0.3 is 25.5 Å². The molecular formula is C17H20N10O2. The number of allylic oxidation sites excluding steroid dienone is 1. The van der Waals surface area contributed by atoms with Crippen LogP contribution in [-0.2, 0) is 4.74 Å². The predicted octanol–water partition coefficient (Wildman–Crippen LogP) is -0.442. The number of nitriles is 1. The zero-order valence-electron chi connectivity index (χ0n) is 15.7. The van der Waals surface area contributed by atoms with Gasteiger partial charge in [0, 0.05) is 32.6 Å². The molecule has 3 rings (SSSR count). The maximum absolute atomic E-state index is 8.78. The zero-order valence-corrected chi connectivity index (χ0v) is 15.7. The van der Waals surface area contributed by atoms with Gasteiger partial charge in [-0.2, -0.15) is 5.26 Å². The highest BCUT2D eigenvalue weighted by atomic mass is 16.5. The summed E-state index contributed by atoms with van der Waals surface area (Å²) >= 11 is 0. The van der Waals surface area contributed by atoms with Crippen molar-refractivity contribution in [3.8, 4) is 6.07 Å². The number of morpholine rings is 1. The summed E-state index contributed by atoms with van der Waals surface area (Å²) < 4.78 is 11.0. The van der Waals surface area contributed by atoms with E-state index in [9.17, 15) is 0 Å². The van der Waals surface area contributed by atoms with E-state index in [0.29, 0.717) is 31.3 Å². The molecule has 1 aliphatic heterocycles. The molecule has 1 unspecified atom stereocenters. The van der Waals surface area contributed by atoms with Crippen LogP contribution in [0.3, 0.4) is 0 Å². The Balaban J connectivity index is 1.80. The monoisotopic (exact) mass is 396 g/mol. The fourth-order valence-corrected chi connectivity index (χ4v) is 2.45. The van der Waals surface area contributed by atoms with Crippen LogP contribution in [0.15, 0.2) is 33.6 Å². The van der Waals surface area contributed by atoms with E-state index in [1.807, 2.05) is 6.07 Å². The molecule has 1 aliphatic rings. The van der Waals surface area contributed by atoms with Crippen molar-refractivity contribution in [3.63, 3.8) is 0 Å². The van der Waals surface area contributed by atoms with Crippen molar-refractivity contribution in [2.24, 2.45) is 10.7 Å². The first-order valence-electron chi connectivity index (χ1n) is 8.78. The lowest BCUT2D eigenvalue weighted by atomic mass is 10.2. The number of aliphatic imine (C=N–C) groups is 1. The van der Waals surface area contributed by atoms with Crippen LogP contribution < -0.4 is 16.4 Å². The second-order valence-electron chi connectivity index (χ2n) is 6.05. The van der Waals surface area contributed by atoms with Crippen LogP contribution in [0, 0.1) is 23.7 Å². The van der Waals surface area contributed by atoms with Crippen LogP contribution >= 0.6 is 0 Å². The van der Waals surface area contributed by atoms with Gasteiger partial charge in [0.1, 0.15) is 17.6 Å². The molecule has 1 fully saturated rings. The highest BCUT2D eigenvalue weighted by Crippen LogP contribution is 2.09. The van der Waals surface area contributed by atoms with Crippen LogP contribution in [0.1, 0.15) is 17.5 Å². The molecule has 0 saturated carbocycles. The summed E-state index contributed by atoms with van der Waals surface area (Å²) in [5, 5.41) is 31.2. The van der Waals surface area contributed by atoms with Gasteiger partial charge in [0.15, 0.2) is 11.5 Å². The van der Waals surface area contributed by atoms with E-state index in [0.717, 1.165) is 6.54 Å². The van der Waals surface area contributed by atoms with E-state index in [1.54, 1.807) is 6.92 Å². The Labute approximate surface area is 166 Å². The van der Waals surface area contributed by atoms with Gasteiger partial charge in [-0.3, -0.25) is 5.41 Å². The fourth-order valence-electron chi connectivity index (χ4n) is 2.45. The van der Waals surface area contributed by atoms with E-state index in [-0.39, 0.29) is 35.1 Å². The third-order valence-electron chi connectivity index (χ3n) is 3.82. The Bertz CT molecular complexity index is 951. The molecule has 0 aliphatic carbocycles. The number of amidine groups is 1. The SMILES string of the molecule is Cc1nnc(C(=N)/C(=C\C(N)=Nc2cnc(C#N)cn2)NCC2CNCCO2)o1. The summed E-state index contributed by atoms with van der Waals surface area (Å²) in [6.45, 7) is 4.20. The zero-order chi connectivity index (χ0) is 20.6. The minimum atomic E-state index is -0.0630. The molecule has 29 heavy (non-hydrogen) atoms. The molecule has 5 N–H and O–H groups in total. The first-order valence-corrected chi connectivity index (χ1v) is 8.78. The number of nitrogens with one attached hydrogen (secondary N) is 3. The standard InChI is InChI=1S/C17H20N10O2/c1-10-26-27-17(29-10)16(20)13(23-8-12-7-21-2-3-28-12)4-14(19)25-15-9-22-11(5-18)6-24-15/h4,6,9,12,20-21,23H,2-3,7-8H2,1H3,(H2,19,24,25)/b13-4+,20-16?. The lowest BCUT2D eigenvalue weighted by Gasteiger charge is -2.24. The van der Waals surface area contributed by atoms with Crippen molar-refractivity contribution in [3.05, 3.63) is 41.6 Å². The Morgan fingerprint density at radius 3 is 2.97 bits per heavy atom. The van der Waals surface area contributed by atoms with E-state index < -0.39 is 0 Å². The third-order valence-corrected chi connectivity index (χ3v) is 3.82. The molecule has 2 aromatic heterocycles. The number of hydrogen-bond acceptors (Lipinski definition) is 11. The number of rotatable bonds is 7. The molecule has 0 radical (unpaired) electrons. The van der Waals surface area contributed by atoms with Crippen LogP contribution in [0.4, 0.5) is 5.82 Å². The minimum Gasteiger partial charge on any atom is -0.420 e. The number of ether oxygens (including phenoxy) is 1. The largest absolute Gasteiger partial charge is 0.420 e. The summed E-state index contributed by atoms with van der Waals surface area (Å²) in [5.74, 6) is 0.709. The number of aryl methyl sites for hydroxylation is 1. The van der Waals surface area contributed by atoms with E-state index in [4.69, 9.17) is 25.6 Å². The molecule has 0 aromatic carbocycles. The normalized spacial score (nSPS) is 17.6. The summed E-state index contributed by atoms with van der Waals surface area (Å²) in [6, 6.07) is 1.88. The van der Waals surface area contributed by atoms with Crippen LogP contribution in [0.5, 0.6) is 0 Å². The quantitative estimate of drug-likeness (QED) is 0.353. The number of nitrogens with zero attached hydrogens (tertiary/aromatic N) is 6. The van der Waals surface area contributed by atoms with Crippen molar-refractivity contribution in [2.45, 2.75) is 13.0 Å². The molecular weight excluding hydrogens is 376 g/mol. The summed E-state index contributed by atoms with van der Waals surface area (Å²) in [6.07, 6.45) is 4.04. The van der Waals surface area contributed by atoms with Gasteiger partial charge in [0.05, 0.1) is 30.8 Å².